The molecule has 1 unspecified atom stereocenters. The van der Waals surface area contributed by atoms with Crippen LogP contribution in [0.3, 0.4) is 0 Å². The second-order valence-electron chi connectivity index (χ2n) is 2.34. The Kier molecular flexibility index (Phi) is 2.27. The van der Waals surface area contributed by atoms with E-state index in [2.05, 4.69) is 0 Å². The number of ether oxygens (including phenoxy) is 1. The van der Waals surface area contributed by atoms with Gasteiger partial charge in [0.2, 0.25) is 0 Å². The summed E-state index contributed by atoms with van der Waals surface area (Å²) in [6.07, 6.45) is 2.48. The van der Waals surface area contributed by atoms with Gasteiger partial charge in [0.25, 0.3) is 0 Å². The highest BCUT2D eigenvalue weighted by molar-refractivity contribution is 5.75. The van der Waals surface area contributed by atoms with Crippen LogP contribution in [0, 0.1) is 17.2 Å². The number of cyclic esters (lactones) is 1. The fraction of sp³-hybridized carbons (Fsp3) is 0.714. The zero-order chi connectivity index (χ0) is 7.40. The second kappa shape index (κ2) is 3.21. The minimum atomic E-state index is -0.512. The summed E-state index contributed by atoms with van der Waals surface area (Å²) in [5.41, 5.74) is 0. The fourth-order valence-electron chi connectivity index (χ4n) is 0.959. The molecular formula is C7H9NO2. The molecule has 1 atom stereocenters. The summed E-state index contributed by atoms with van der Waals surface area (Å²) in [6.45, 7) is 0.483. The molecular weight excluding hydrogens is 130 g/mol. The standard InChI is InChI=1S/C7H9NO2/c8-5-6-3-1-2-4-10-7(6)9/h6H,1-4H2. The van der Waals surface area contributed by atoms with Crippen LogP contribution in [0.1, 0.15) is 19.3 Å². The van der Waals surface area contributed by atoms with E-state index in [0.29, 0.717) is 13.0 Å². The summed E-state index contributed by atoms with van der Waals surface area (Å²) >= 11 is 0. The monoisotopic (exact) mass is 139 g/mol. The molecule has 0 saturated carbocycles. The average Bonchev–Trinajstić information content (AvgIpc) is 2.13. The van der Waals surface area contributed by atoms with Crippen molar-refractivity contribution in [3.05, 3.63) is 0 Å². The molecule has 0 spiro atoms. The number of hydrogen-bond acceptors (Lipinski definition) is 3. The van der Waals surface area contributed by atoms with Crippen LogP contribution in [0.5, 0.6) is 0 Å². The summed E-state index contributed by atoms with van der Waals surface area (Å²) in [5.74, 6) is -0.859. The molecule has 0 N–H and O–H groups in total. The number of esters is 1. The molecule has 54 valence electrons. The molecule has 0 aliphatic carbocycles. The van der Waals surface area contributed by atoms with E-state index < -0.39 is 5.92 Å². The summed E-state index contributed by atoms with van der Waals surface area (Å²) in [4.78, 5) is 10.8. The zero-order valence-electron chi connectivity index (χ0n) is 5.67. The van der Waals surface area contributed by atoms with Crippen molar-refractivity contribution in [2.24, 2.45) is 5.92 Å². The van der Waals surface area contributed by atoms with Crippen molar-refractivity contribution < 1.29 is 9.53 Å². The number of carbonyl (C=O) groups excluding carboxylic acids is 1. The van der Waals surface area contributed by atoms with Gasteiger partial charge in [-0.2, -0.15) is 5.26 Å². The number of hydrogen-bond donors (Lipinski definition) is 0. The summed E-state index contributed by atoms with van der Waals surface area (Å²) in [5, 5.41) is 8.44. The van der Waals surface area contributed by atoms with Crippen molar-refractivity contribution in [2.45, 2.75) is 19.3 Å². The molecule has 1 aliphatic heterocycles. The molecule has 0 aromatic heterocycles. The smallest absolute Gasteiger partial charge is 0.323 e. The highest BCUT2D eigenvalue weighted by atomic mass is 16.5. The maximum atomic E-state index is 10.8. The summed E-state index contributed by atoms with van der Waals surface area (Å²) in [7, 11) is 0. The van der Waals surface area contributed by atoms with Crippen LogP contribution in [-0.4, -0.2) is 12.6 Å². The lowest BCUT2D eigenvalue weighted by Gasteiger charge is -2.00. The van der Waals surface area contributed by atoms with E-state index in [9.17, 15) is 4.79 Å². The van der Waals surface area contributed by atoms with E-state index in [1.165, 1.54) is 0 Å². The normalized spacial score (nSPS) is 26.3. The van der Waals surface area contributed by atoms with Gasteiger partial charge in [0.15, 0.2) is 0 Å². The number of carbonyl (C=O) groups is 1. The quantitative estimate of drug-likeness (QED) is 0.467. The van der Waals surface area contributed by atoms with Gasteiger partial charge in [0, 0.05) is 0 Å². The third-order valence-electron chi connectivity index (χ3n) is 1.57. The Morgan fingerprint density at radius 2 is 2.40 bits per heavy atom. The Morgan fingerprint density at radius 3 is 3.10 bits per heavy atom. The maximum absolute atomic E-state index is 10.8. The third-order valence-corrected chi connectivity index (χ3v) is 1.57. The molecule has 3 nitrogen and oxygen atoms in total. The Labute approximate surface area is 59.6 Å². The SMILES string of the molecule is N#CC1CCCCOC1=O. The van der Waals surface area contributed by atoms with Gasteiger partial charge in [-0.25, -0.2) is 0 Å². The summed E-state index contributed by atoms with van der Waals surface area (Å²) < 4.78 is 4.74. The Morgan fingerprint density at radius 1 is 1.60 bits per heavy atom. The summed E-state index contributed by atoms with van der Waals surface area (Å²) in [6, 6.07) is 1.92. The van der Waals surface area contributed by atoms with Crippen molar-refractivity contribution in [3.8, 4) is 6.07 Å². The van der Waals surface area contributed by atoms with Gasteiger partial charge in [0.1, 0.15) is 5.92 Å². The minimum absolute atomic E-state index is 0.347. The molecule has 1 aliphatic rings. The van der Waals surface area contributed by atoms with Gasteiger partial charge in [-0.05, 0) is 19.3 Å². The van der Waals surface area contributed by atoms with Gasteiger partial charge in [-0.3, -0.25) is 4.79 Å². The molecule has 3 heteroatoms. The number of nitrogens with zero attached hydrogens (tertiary/aromatic N) is 1. The lowest BCUT2D eigenvalue weighted by atomic mass is 10.1. The Balaban J connectivity index is 2.54. The van der Waals surface area contributed by atoms with Crippen LogP contribution >= 0.6 is 0 Å². The molecule has 10 heavy (non-hydrogen) atoms. The lowest BCUT2D eigenvalue weighted by Crippen LogP contribution is -2.13. The van der Waals surface area contributed by atoms with Gasteiger partial charge >= 0.3 is 5.97 Å². The van der Waals surface area contributed by atoms with Crippen LogP contribution < -0.4 is 0 Å². The van der Waals surface area contributed by atoms with E-state index in [1.54, 1.807) is 0 Å². The molecule has 0 radical (unpaired) electrons. The van der Waals surface area contributed by atoms with E-state index in [4.69, 9.17) is 10.00 Å². The van der Waals surface area contributed by atoms with E-state index in [-0.39, 0.29) is 5.97 Å². The third kappa shape index (κ3) is 1.47. The molecule has 0 aromatic carbocycles. The van der Waals surface area contributed by atoms with E-state index in [0.717, 1.165) is 12.8 Å². The van der Waals surface area contributed by atoms with Crippen LogP contribution in [0.25, 0.3) is 0 Å². The van der Waals surface area contributed by atoms with Crippen LogP contribution in [-0.2, 0) is 9.53 Å². The first-order valence-electron chi connectivity index (χ1n) is 3.41. The fourth-order valence-corrected chi connectivity index (χ4v) is 0.959. The maximum Gasteiger partial charge on any atom is 0.323 e. The molecule has 0 aromatic rings. The molecule has 1 saturated heterocycles. The molecule has 1 rings (SSSR count). The van der Waals surface area contributed by atoms with Crippen molar-refractivity contribution in [1.82, 2.24) is 0 Å². The second-order valence-corrected chi connectivity index (χ2v) is 2.34. The molecule has 1 heterocycles. The van der Waals surface area contributed by atoms with Gasteiger partial charge in [0.05, 0.1) is 12.7 Å². The lowest BCUT2D eigenvalue weighted by molar-refractivity contribution is -0.145. The molecule has 1 fully saturated rings. The molecule has 0 amide bonds. The van der Waals surface area contributed by atoms with Gasteiger partial charge < -0.3 is 4.74 Å². The minimum Gasteiger partial charge on any atom is -0.465 e. The van der Waals surface area contributed by atoms with E-state index in [1.807, 2.05) is 6.07 Å². The largest absolute Gasteiger partial charge is 0.465 e. The van der Waals surface area contributed by atoms with E-state index >= 15 is 0 Å². The van der Waals surface area contributed by atoms with Crippen molar-refractivity contribution in [1.29, 1.82) is 5.26 Å². The van der Waals surface area contributed by atoms with Crippen molar-refractivity contribution in [3.63, 3.8) is 0 Å². The highest BCUT2D eigenvalue weighted by Crippen LogP contribution is 2.13. The average molecular weight is 139 g/mol. The first-order chi connectivity index (χ1) is 4.84. The number of nitriles is 1. The number of rotatable bonds is 0. The van der Waals surface area contributed by atoms with Gasteiger partial charge in [-0.1, -0.05) is 0 Å². The Bertz CT molecular complexity index is 171. The van der Waals surface area contributed by atoms with Crippen molar-refractivity contribution >= 4 is 5.97 Å². The first-order valence-corrected chi connectivity index (χ1v) is 3.41. The Hall–Kier alpha value is -1.04. The van der Waals surface area contributed by atoms with Crippen LogP contribution in [0.2, 0.25) is 0 Å². The molecule has 0 bridgehead atoms. The highest BCUT2D eigenvalue weighted by Gasteiger charge is 2.21. The predicted octanol–water partition coefficient (Wildman–Crippen LogP) is 0.853. The van der Waals surface area contributed by atoms with Gasteiger partial charge in [-0.15, -0.1) is 0 Å². The first kappa shape index (κ1) is 7.07. The van der Waals surface area contributed by atoms with Crippen molar-refractivity contribution in [2.75, 3.05) is 6.61 Å². The van der Waals surface area contributed by atoms with Crippen LogP contribution in [0.15, 0.2) is 0 Å². The van der Waals surface area contributed by atoms with Crippen LogP contribution in [0.4, 0.5) is 0 Å². The zero-order valence-corrected chi connectivity index (χ0v) is 5.67. The topological polar surface area (TPSA) is 50.1 Å². The predicted molar refractivity (Wildman–Crippen MR) is 33.9 cm³/mol.